The molecule has 0 aliphatic carbocycles. The van der Waals surface area contributed by atoms with Crippen LogP contribution in [0, 0.1) is 0 Å². The fraction of sp³-hybridized carbons (Fsp3) is 0.0476. The van der Waals surface area contributed by atoms with E-state index >= 15 is 0 Å². The second-order valence-electron chi connectivity index (χ2n) is 5.97. The van der Waals surface area contributed by atoms with Gasteiger partial charge in [0, 0.05) is 11.8 Å². The van der Waals surface area contributed by atoms with Gasteiger partial charge in [-0.2, -0.15) is 0 Å². The molecule has 2 aromatic carbocycles. The summed E-state index contributed by atoms with van der Waals surface area (Å²) < 4.78 is 27.7. The van der Waals surface area contributed by atoms with E-state index in [9.17, 15) is 13.2 Å². The van der Waals surface area contributed by atoms with Gasteiger partial charge in [0.25, 0.3) is 15.9 Å². The zero-order valence-electron chi connectivity index (χ0n) is 15.3. The molecule has 6 nitrogen and oxygen atoms in total. The molecule has 1 heterocycles. The minimum atomic E-state index is -3.99. The number of carbonyl (C=O) groups is 1. The van der Waals surface area contributed by atoms with Crippen LogP contribution in [0.25, 0.3) is 0 Å². The maximum atomic E-state index is 13.3. The molecule has 148 valence electrons. The Balaban J connectivity index is 1.96. The molecule has 3 rings (SSSR count). The number of hydrogen-bond donors (Lipinski definition) is 1. The number of carbonyl (C=O) groups excluding carboxylic acids is 1. The van der Waals surface area contributed by atoms with E-state index in [1.165, 1.54) is 30.3 Å². The Morgan fingerprint density at radius 2 is 1.86 bits per heavy atom. The van der Waals surface area contributed by atoms with Gasteiger partial charge in [-0.15, -0.1) is 6.58 Å². The number of halogens is 1. The Hall–Kier alpha value is -3.16. The standard InChI is InChI=1S/C21H18ClN3O3S/c1-2-14-25(19-11-4-3-10-18(19)22)29(27,28)17-9-7-8-16(15-17)21(26)24-20-12-5-6-13-23-20/h2-13,15H,1,14H2,(H,23,24,26). The van der Waals surface area contributed by atoms with E-state index in [2.05, 4.69) is 16.9 Å². The minimum Gasteiger partial charge on any atom is -0.307 e. The molecule has 0 bridgehead atoms. The number of benzene rings is 2. The minimum absolute atomic E-state index is 0.0242. The van der Waals surface area contributed by atoms with Gasteiger partial charge in [-0.3, -0.25) is 9.10 Å². The molecule has 29 heavy (non-hydrogen) atoms. The number of nitrogens with zero attached hydrogens (tertiary/aromatic N) is 2. The van der Waals surface area contributed by atoms with Gasteiger partial charge >= 0.3 is 0 Å². The van der Waals surface area contributed by atoms with Crippen molar-refractivity contribution in [2.24, 2.45) is 0 Å². The first-order valence-corrected chi connectivity index (χ1v) is 10.5. The first-order chi connectivity index (χ1) is 13.9. The molecule has 0 radical (unpaired) electrons. The van der Waals surface area contributed by atoms with Gasteiger partial charge in [0.15, 0.2) is 0 Å². The lowest BCUT2D eigenvalue weighted by molar-refractivity contribution is 0.102. The molecule has 0 unspecified atom stereocenters. The van der Waals surface area contributed by atoms with Crippen molar-refractivity contribution in [3.05, 3.63) is 96.2 Å². The van der Waals surface area contributed by atoms with Gasteiger partial charge in [-0.05, 0) is 42.5 Å². The van der Waals surface area contributed by atoms with Gasteiger partial charge in [-0.1, -0.05) is 41.9 Å². The molecule has 0 spiro atoms. The first-order valence-electron chi connectivity index (χ1n) is 8.64. The van der Waals surface area contributed by atoms with Crippen molar-refractivity contribution in [3.8, 4) is 0 Å². The van der Waals surface area contributed by atoms with Crippen molar-refractivity contribution in [2.75, 3.05) is 16.2 Å². The van der Waals surface area contributed by atoms with E-state index in [1.54, 1.807) is 48.7 Å². The molecule has 0 saturated carbocycles. The number of aromatic nitrogens is 1. The molecule has 0 fully saturated rings. The van der Waals surface area contributed by atoms with Gasteiger partial charge in [0.05, 0.1) is 22.2 Å². The number of para-hydroxylation sites is 1. The molecule has 0 saturated heterocycles. The quantitative estimate of drug-likeness (QED) is 0.568. The predicted octanol–water partition coefficient (Wildman–Crippen LogP) is 4.37. The number of amides is 1. The summed E-state index contributed by atoms with van der Waals surface area (Å²) >= 11 is 6.21. The van der Waals surface area contributed by atoms with E-state index in [0.717, 1.165) is 4.31 Å². The van der Waals surface area contributed by atoms with Gasteiger partial charge in [-0.25, -0.2) is 13.4 Å². The molecular weight excluding hydrogens is 410 g/mol. The molecule has 1 N–H and O–H groups in total. The highest BCUT2D eigenvalue weighted by atomic mass is 35.5. The highest BCUT2D eigenvalue weighted by Gasteiger charge is 2.26. The van der Waals surface area contributed by atoms with Crippen LogP contribution in [0.5, 0.6) is 0 Å². The summed E-state index contributed by atoms with van der Waals surface area (Å²) in [5.74, 6) is -0.0936. The number of nitrogens with one attached hydrogen (secondary N) is 1. The van der Waals surface area contributed by atoms with Crippen LogP contribution in [0.15, 0.2) is 90.5 Å². The van der Waals surface area contributed by atoms with E-state index in [1.807, 2.05) is 0 Å². The molecule has 0 aliphatic heterocycles. The molecule has 1 aromatic heterocycles. The Morgan fingerprint density at radius 3 is 2.55 bits per heavy atom. The Bertz CT molecular complexity index is 1130. The maximum absolute atomic E-state index is 13.3. The Morgan fingerprint density at radius 1 is 1.10 bits per heavy atom. The van der Waals surface area contributed by atoms with Crippen molar-refractivity contribution >= 4 is 39.0 Å². The Kier molecular flexibility index (Phi) is 6.31. The predicted molar refractivity (Wildman–Crippen MR) is 115 cm³/mol. The van der Waals surface area contributed by atoms with E-state index in [0.29, 0.717) is 16.5 Å². The smallest absolute Gasteiger partial charge is 0.264 e. The van der Waals surface area contributed by atoms with Crippen LogP contribution < -0.4 is 9.62 Å². The van der Waals surface area contributed by atoms with Crippen molar-refractivity contribution in [2.45, 2.75) is 4.90 Å². The molecule has 0 aliphatic rings. The second kappa shape index (κ2) is 8.89. The number of sulfonamides is 1. The lowest BCUT2D eigenvalue weighted by Crippen LogP contribution is -2.31. The van der Waals surface area contributed by atoms with Gasteiger partial charge in [0.2, 0.25) is 0 Å². The van der Waals surface area contributed by atoms with Crippen LogP contribution in [0.1, 0.15) is 10.4 Å². The monoisotopic (exact) mass is 427 g/mol. The third-order valence-corrected chi connectivity index (χ3v) is 6.10. The normalized spacial score (nSPS) is 10.9. The summed E-state index contributed by atoms with van der Waals surface area (Å²) in [6, 6.07) is 17.5. The van der Waals surface area contributed by atoms with Gasteiger partial charge < -0.3 is 5.32 Å². The van der Waals surface area contributed by atoms with Crippen molar-refractivity contribution in [3.63, 3.8) is 0 Å². The van der Waals surface area contributed by atoms with Crippen LogP contribution in [0.4, 0.5) is 11.5 Å². The summed E-state index contributed by atoms with van der Waals surface area (Å²) in [7, 11) is -3.99. The summed E-state index contributed by atoms with van der Waals surface area (Å²) in [5, 5.41) is 2.93. The largest absolute Gasteiger partial charge is 0.307 e. The average molecular weight is 428 g/mol. The second-order valence-corrected chi connectivity index (χ2v) is 8.24. The maximum Gasteiger partial charge on any atom is 0.264 e. The van der Waals surface area contributed by atoms with Crippen molar-refractivity contribution < 1.29 is 13.2 Å². The fourth-order valence-corrected chi connectivity index (χ4v) is 4.44. The molecule has 8 heteroatoms. The number of pyridine rings is 1. The third-order valence-electron chi connectivity index (χ3n) is 4.01. The fourth-order valence-electron chi connectivity index (χ4n) is 2.65. The lowest BCUT2D eigenvalue weighted by Gasteiger charge is -2.24. The summed E-state index contributed by atoms with van der Waals surface area (Å²) in [6.45, 7) is 3.66. The topological polar surface area (TPSA) is 79.4 Å². The van der Waals surface area contributed by atoms with Crippen LogP contribution in [0.2, 0.25) is 5.02 Å². The molecule has 0 atom stereocenters. The van der Waals surface area contributed by atoms with E-state index in [4.69, 9.17) is 11.6 Å². The average Bonchev–Trinajstić information content (AvgIpc) is 2.73. The zero-order chi connectivity index (χ0) is 20.9. The molecule has 1 amide bonds. The Labute approximate surface area is 174 Å². The third kappa shape index (κ3) is 4.64. The molecule has 3 aromatic rings. The van der Waals surface area contributed by atoms with Crippen molar-refractivity contribution in [1.29, 1.82) is 0 Å². The van der Waals surface area contributed by atoms with E-state index in [-0.39, 0.29) is 17.0 Å². The van der Waals surface area contributed by atoms with Crippen LogP contribution in [-0.4, -0.2) is 25.9 Å². The van der Waals surface area contributed by atoms with Gasteiger partial charge in [0.1, 0.15) is 5.82 Å². The lowest BCUT2D eigenvalue weighted by atomic mass is 10.2. The number of rotatable bonds is 7. The summed E-state index contributed by atoms with van der Waals surface area (Å²) in [4.78, 5) is 16.5. The van der Waals surface area contributed by atoms with E-state index < -0.39 is 15.9 Å². The SMILES string of the molecule is C=CCN(c1ccccc1Cl)S(=O)(=O)c1cccc(C(=O)Nc2ccccn2)c1. The summed E-state index contributed by atoms with van der Waals surface area (Å²) in [6.07, 6.45) is 3.02. The first kappa shape index (κ1) is 20.6. The summed E-state index contributed by atoms with van der Waals surface area (Å²) in [5.41, 5.74) is 0.520. The van der Waals surface area contributed by atoms with Crippen LogP contribution in [0.3, 0.4) is 0 Å². The van der Waals surface area contributed by atoms with Crippen molar-refractivity contribution in [1.82, 2.24) is 4.98 Å². The zero-order valence-corrected chi connectivity index (χ0v) is 16.9. The van der Waals surface area contributed by atoms with Crippen LogP contribution in [-0.2, 0) is 10.0 Å². The number of hydrogen-bond acceptors (Lipinski definition) is 4. The highest BCUT2D eigenvalue weighted by molar-refractivity contribution is 7.92. The molecular formula is C21H18ClN3O3S. The van der Waals surface area contributed by atoms with Crippen LogP contribution >= 0.6 is 11.6 Å². The highest BCUT2D eigenvalue weighted by Crippen LogP contribution is 2.30. The number of anilines is 2.